The first-order chi connectivity index (χ1) is 6.98. The van der Waals surface area contributed by atoms with Crippen LogP contribution in [0.15, 0.2) is 0 Å². The van der Waals surface area contributed by atoms with Gasteiger partial charge in [0, 0.05) is 12.0 Å². The van der Waals surface area contributed by atoms with Gasteiger partial charge in [0.25, 0.3) is 10.1 Å². The van der Waals surface area contributed by atoms with E-state index in [9.17, 15) is 18.6 Å². The molecule has 3 rings (SSSR count). The summed E-state index contributed by atoms with van der Waals surface area (Å²) in [6.45, 7) is -0.177. The molecule has 86 valence electrons. The molecule has 4 atom stereocenters. The maximum atomic E-state index is 11.7. The quantitative estimate of drug-likeness (QED) is 0.613. The predicted octanol–water partition coefficient (Wildman–Crippen LogP) is -0.762. The zero-order chi connectivity index (χ0) is 10.9. The lowest BCUT2D eigenvalue weighted by molar-refractivity contribution is 0.0517. The molecule has 2 saturated carbocycles. The Kier molecular flexibility index (Phi) is 1.71. The molecule has 2 bridgehead atoms. The molecule has 5 nitrogen and oxygen atoms in total. The molecular formula is C9H14O5S. The first-order valence-corrected chi connectivity index (χ1v) is 6.59. The average Bonchev–Trinajstić information content (AvgIpc) is 2.71. The summed E-state index contributed by atoms with van der Waals surface area (Å²) in [6.07, 6.45) is 1.14. The van der Waals surface area contributed by atoms with Gasteiger partial charge in [0.15, 0.2) is 0 Å². The van der Waals surface area contributed by atoms with E-state index in [0.29, 0.717) is 19.3 Å². The summed E-state index contributed by atoms with van der Waals surface area (Å²) in [5.41, 5.74) is -0.969. The Labute approximate surface area is 88.2 Å². The summed E-state index contributed by atoms with van der Waals surface area (Å²) in [4.78, 5) is 0. The summed E-state index contributed by atoms with van der Waals surface area (Å²) in [5.74, 6) is 0. The highest BCUT2D eigenvalue weighted by Gasteiger charge is 2.73. The summed E-state index contributed by atoms with van der Waals surface area (Å²) in [5, 5.41) is 18.2. The first kappa shape index (κ1) is 10.0. The van der Waals surface area contributed by atoms with Gasteiger partial charge in [-0.05, 0) is 24.7 Å². The van der Waals surface area contributed by atoms with Crippen LogP contribution in [-0.2, 0) is 14.3 Å². The fraction of sp³-hybridized carbons (Fsp3) is 1.00. The third-order valence-electron chi connectivity index (χ3n) is 4.45. The van der Waals surface area contributed by atoms with Gasteiger partial charge in [-0.3, -0.25) is 4.18 Å². The fourth-order valence-electron chi connectivity index (χ4n) is 3.75. The molecule has 0 aromatic carbocycles. The van der Waals surface area contributed by atoms with Crippen LogP contribution in [0.4, 0.5) is 0 Å². The van der Waals surface area contributed by atoms with Gasteiger partial charge in [-0.25, -0.2) is 0 Å². The van der Waals surface area contributed by atoms with Crippen molar-refractivity contribution in [1.29, 1.82) is 0 Å². The molecule has 1 aliphatic heterocycles. The van der Waals surface area contributed by atoms with Crippen LogP contribution < -0.4 is 0 Å². The molecule has 2 N–H and O–H groups in total. The van der Waals surface area contributed by atoms with Gasteiger partial charge in [-0.15, -0.1) is 0 Å². The Morgan fingerprint density at radius 3 is 2.47 bits per heavy atom. The van der Waals surface area contributed by atoms with Crippen molar-refractivity contribution >= 4 is 10.1 Å². The Bertz CT molecular complexity index is 405. The van der Waals surface area contributed by atoms with E-state index >= 15 is 0 Å². The zero-order valence-electron chi connectivity index (χ0n) is 8.22. The lowest BCUT2D eigenvalue weighted by atomic mass is 9.80. The normalized spacial score (nSPS) is 55.1. The minimum absolute atomic E-state index is 0.0133. The standard InChI is InChI=1S/C9H14O5S/c10-4-8-1-6-9(3-8,5-11)7(2-8)15(12,13)14-6/h6-7,10-11H,1-5H2. The van der Waals surface area contributed by atoms with Gasteiger partial charge in [0.1, 0.15) is 0 Å². The number of aliphatic hydroxyl groups excluding tert-OH is 2. The molecule has 0 radical (unpaired) electrons. The van der Waals surface area contributed by atoms with E-state index in [2.05, 4.69) is 0 Å². The van der Waals surface area contributed by atoms with Crippen LogP contribution in [0.2, 0.25) is 0 Å². The highest BCUT2D eigenvalue weighted by atomic mass is 32.2. The summed E-state index contributed by atoms with van der Waals surface area (Å²) >= 11 is 0. The molecule has 3 aliphatic rings. The summed E-state index contributed by atoms with van der Waals surface area (Å²) < 4.78 is 28.4. The van der Waals surface area contributed by atoms with Crippen molar-refractivity contribution in [3.63, 3.8) is 0 Å². The largest absolute Gasteiger partial charge is 0.396 e. The molecule has 3 fully saturated rings. The Hall–Kier alpha value is -0.170. The Balaban J connectivity index is 2.13. The van der Waals surface area contributed by atoms with Crippen molar-refractivity contribution in [2.45, 2.75) is 30.6 Å². The van der Waals surface area contributed by atoms with Crippen LogP contribution in [0.25, 0.3) is 0 Å². The second-order valence-corrected chi connectivity index (χ2v) is 6.95. The van der Waals surface area contributed by atoms with Crippen LogP contribution in [0.5, 0.6) is 0 Å². The van der Waals surface area contributed by atoms with Crippen LogP contribution >= 0.6 is 0 Å². The SMILES string of the molecule is O=S1(=O)OC2CC3(CO)CC1C2(CO)C3. The number of rotatable bonds is 2. The van der Waals surface area contributed by atoms with Gasteiger partial charge in [0.2, 0.25) is 0 Å². The number of aliphatic hydroxyl groups is 2. The van der Waals surface area contributed by atoms with Crippen LogP contribution in [0.3, 0.4) is 0 Å². The van der Waals surface area contributed by atoms with Crippen LogP contribution in [0.1, 0.15) is 19.3 Å². The average molecular weight is 234 g/mol. The van der Waals surface area contributed by atoms with E-state index in [0.717, 1.165) is 0 Å². The van der Waals surface area contributed by atoms with Gasteiger partial charge in [-0.2, -0.15) is 8.42 Å². The van der Waals surface area contributed by atoms with E-state index in [4.69, 9.17) is 4.18 Å². The molecule has 4 unspecified atom stereocenters. The zero-order valence-corrected chi connectivity index (χ0v) is 9.03. The molecule has 15 heavy (non-hydrogen) atoms. The van der Waals surface area contributed by atoms with Crippen molar-refractivity contribution in [3.05, 3.63) is 0 Å². The second-order valence-electron chi connectivity index (χ2n) is 5.20. The third-order valence-corrected chi connectivity index (χ3v) is 6.29. The van der Waals surface area contributed by atoms with Crippen LogP contribution in [0, 0.1) is 10.8 Å². The molecule has 0 aromatic rings. The van der Waals surface area contributed by atoms with E-state index in [1.165, 1.54) is 0 Å². The van der Waals surface area contributed by atoms with Crippen molar-refractivity contribution in [2.24, 2.45) is 10.8 Å². The minimum atomic E-state index is -3.52. The fourth-order valence-corrected chi connectivity index (χ4v) is 5.91. The summed E-state index contributed by atoms with van der Waals surface area (Å²) in [7, 11) is -3.52. The second kappa shape index (κ2) is 2.56. The van der Waals surface area contributed by atoms with Crippen molar-refractivity contribution in [2.75, 3.05) is 13.2 Å². The highest BCUT2D eigenvalue weighted by Crippen LogP contribution is 2.67. The van der Waals surface area contributed by atoms with Gasteiger partial charge in [-0.1, -0.05) is 0 Å². The topological polar surface area (TPSA) is 83.8 Å². The molecule has 6 heteroatoms. The maximum absolute atomic E-state index is 11.7. The highest BCUT2D eigenvalue weighted by molar-refractivity contribution is 7.87. The molecular weight excluding hydrogens is 220 g/mol. The first-order valence-electron chi connectivity index (χ1n) is 5.12. The number of hydrogen-bond acceptors (Lipinski definition) is 5. The number of fused-ring (bicyclic) bond motifs is 1. The Morgan fingerprint density at radius 1 is 1.27 bits per heavy atom. The van der Waals surface area contributed by atoms with E-state index in [-0.39, 0.29) is 18.6 Å². The molecule has 1 heterocycles. The lowest BCUT2D eigenvalue weighted by Crippen LogP contribution is -2.39. The lowest BCUT2D eigenvalue weighted by Gasteiger charge is -2.28. The van der Waals surface area contributed by atoms with Gasteiger partial charge in [0.05, 0.1) is 18.0 Å². The van der Waals surface area contributed by atoms with Crippen molar-refractivity contribution in [1.82, 2.24) is 0 Å². The summed E-state index contributed by atoms with van der Waals surface area (Å²) in [6, 6.07) is 0. The number of hydrogen-bond donors (Lipinski definition) is 2. The Morgan fingerprint density at radius 2 is 2.00 bits per heavy atom. The monoisotopic (exact) mass is 234 g/mol. The van der Waals surface area contributed by atoms with Crippen LogP contribution in [-0.4, -0.2) is 43.2 Å². The van der Waals surface area contributed by atoms with Crippen molar-refractivity contribution in [3.8, 4) is 0 Å². The van der Waals surface area contributed by atoms with E-state index in [1.54, 1.807) is 0 Å². The molecule has 1 saturated heterocycles. The molecule has 0 aromatic heterocycles. The molecule has 0 spiro atoms. The van der Waals surface area contributed by atoms with Gasteiger partial charge < -0.3 is 10.2 Å². The third kappa shape index (κ3) is 0.963. The molecule has 2 aliphatic carbocycles. The predicted molar refractivity (Wildman–Crippen MR) is 50.5 cm³/mol. The maximum Gasteiger partial charge on any atom is 0.271 e. The minimum Gasteiger partial charge on any atom is -0.396 e. The van der Waals surface area contributed by atoms with Gasteiger partial charge >= 0.3 is 0 Å². The molecule has 0 amide bonds. The van der Waals surface area contributed by atoms with E-state index < -0.39 is 26.9 Å². The van der Waals surface area contributed by atoms with E-state index in [1.807, 2.05) is 0 Å². The smallest absolute Gasteiger partial charge is 0.271 e. The van der Waals surface area contributed by atoms with Crippen molar-refractivity contribution < 1.29 is 22.8 Å².